The molecule has 1 atom stereocenters. The fourth-order valence-electron chi connectivity index (χ4n) is 3.28. The van der Waals surface area contributed by atoms with Gasteiger partial charge >= 0.3 is 5.97 Å². The number of aliphatic hydroxyl groups is 1. The Kier molecular flexibility index (Phi) is 5.59. The Morgan fingerprint density at radius 3 is 2.45 bits per heavy atom. The second-order valence-electron chi connectivity index (χ2n) is 6.83. The van der Waals surface area contributed by atoms with Gasteiger partial charge in [-0.1, -0.05) is 44.2 Å². The van der Waals surface area contributed by atoms with Gasteiger partial charge < -0.3 is 14.7 Å². The van der Waals surface area contributed by atoms with E-state index in [9.17, 15) is 9.90 Å². The summed E-state index contributed by atoms with van der Waals surface area (Å²) >= 11 is 0. The van der Waals surface area contributed by atoms with Gasteiger partial charge in [0.05, 0.1) is 7.11 Å². The van der Waals surface area contributed by atoms with Crippen LogP contribution in [0.2, 0.25) is 0 Å². The summed E-state index contributed by atoms with van der Waals surface area (Å²) in [5.74, 6) is -0.494. The zero-order valence-electron chi connectivity index (χ0n) is 13.8. The van der Waals surface area contributed by atoms with Crippen molar-refractivity contribution in [2.24, 2.45) is 5.92 Å². The van der Waals surface area contributed by atoms with Crippen LogP contribution in [0.25, 0.3) is 0 Å². The molecule has 4 nitrogen and oxygen atoms in total. The first-order valence-corrected chi connectivity index (χ1v) is 7.98. The third-order valence-electron chi connectivity index (χ3n) is 4.70. The van der Waals surface area contributed by atoms with Crippen molar-refractivity contribution in [1.29, 1.82) is 0 Å². The molecule has 0 saturated carbocycles. The molecule has 0 aliphatic carbocycles. The first-order chi connectivity index (χ1) is 10.4. The molecule has 1 fully saturated rings. The van der Waals surface area contributed by atoms with E-state index in [1.807, 2.05) is 6.07 Å². The molecular weight excluding hydrogens is 278 g/mol. The number of hydrogen-bond donors (Lipinski definition) is 1. The zero-order valence-corrected chi connectivity index (χ0v) is 13.8. The van der Waals surface area contributed by atoms with Crippen LogP contribution >= 0.6 is 0 Å². The lowest BCUT2D eigenvalue weighted by molar-refractivity contribution is -0.154. The Bertz CT molecular complexity index is 478. The predicted molar refractivity (Wildman–Crippen MR) is 86.7 cm³/mol. The fraction of sp³-hybridized carbons (Fsp3) is 0.611. The number of rotatable bonds is 5. The number of nitrogens with zero attached hydrogens (tertiary/aromatic N) is 1. The summed E-state index contributed by atoms with van der Waals surface area (Å²) in [4.78, 5) is 13.8. The van der Waals surface area contributed by atoms with Gasteiger partial charge in [0, 0.05) is 12.0 Å². The van der Waals surface area contributed by atoms with Crippen LogP contribution in [0.4, 0.5) is 0 Å². The maximum absolute atomic E-state index is 11.4. The third kappa shape index (κ3) is 4.08. The van der Waals surface area contributed by atoms with E-state index in [4.69, 9.17) is 0 Å². The number of piperidine rings is 1. The summed E-state index contributed by atoms with van der Waals surface area (Å²) in [6.45, 7) is 7.33. The Labute approximate surface area is 133 Å². The standard InChI is InChI=1S/C18H27NO3/c1-18(2,15-7-5-4-6-8-15)13-19-11-9-14(10-12-19)16(20)17(21)22-3/h4-8,14,16,20H,9-13H2,1-3H3/t16-/m1/s1. The van der Waals surface area contributed by atoms with Crippen LogP contribution in [0.3, 0.4) is 0 Å². The largest absolute Gasteiger partial charge is 0.467 e. The maximum Gasteiger partial charge on any atom is 0.334 e. The van der Waals surface area contributed by atoms with Crippen LogP contribution in [0.5, 0.6) is 0 Å². The van der Waals surface area contributed by atoms with Crippen LogP contribution in [0, 0.1) is 5.92 Å². The van der Waals surface area contributed by atoms with Crippen molar-refractivity contribution in [3.05, 3.63) is 35.9 Å². The van der Waals surface area contributed by atoms with Crippen LogP contribution in [0.15, 0.2) is 30.3 Å². The number of methoxy groups -OCH3 is 1. The van der Waals surface area contributed by atoms with Gasteiger partial charge in [0.2, 0.25) is 0 Å². The lowest BCUT2D eigenvalue weighted by atomic mass is 9.83. The monoisotopic (exact) mass is 305 g/mol. The minimum atomic E-state index is -0.978. The van der Waals surface area contributed by atoms with Crippen LogP contribution < -0.4 is 0 Å². The van der Waals surface area contributed by atoms with Crippen LogP contribution in [0.1, 0.15) is 32.3 Å². The smallest absolute Gasteiger partial charge is 0.334 e. The molecule has 1 heterocycles. The number of likely N-dealkylation sites (tertiary alicyclic amines) is 1. The number of hydrogen-bond acceptors (Lipinski definition) is 4. The third-order valence-corrected chi connectivity index (χ3v) is 4.70. The van der Waals surface area contributed by atoms with E-state index in [1.165, 1.54) is 12.7 Å². The second-order valence-corrected chi connectivity index (χ2v) is 6.83. The summed E-state index contributed by atoms with van der Waals surface area (Å²) in [6, 6.07) is 10.5. The molecule has 0 amide bonds. The van der Waals surface area contributed by atoms with E-state index in [0.29, 0.717) is 0 Å². The Morgan fingerprint density at radius 1 is 1.32 bits per heavy atom. The molecule has 122 valence electrons. The molecule has 0 unspecified atom stereocenters. The number of carbonyl (C=O) groups is 1. The fourth-order valence-corrected chi connectivity index (χ4v) is 3.28. The summed E-state index contributed by atoms with van der Waals surface area (Å²) < 4.78 is 4.63. The minimum absolute atomic E-state index is 0.0172. The molecule has 1 aromatic carbocycles. The van der Waals surface area contributed by atoms with Gasteiger partial charge in [-0.2, -0.15) is 0 Å². The normalized spacial score (nSPS) is 18.9. The van der Waals surface area contributed by atoms with Gasteiger partial charge in [0.1, 0.15) is 0 Å². The van der Waals surface area contributed by atoms with Crippen molar-refractivity contribution in [1.82, 2.24) is 4.90 Å². The molecule has 0 spiro atoms. The summed E-state index contributed by atoms with van der Waals surface area (Å²) in [6.07, 6.45) is 0.691. The van der Waals surface area contributed by atoms with Crippen molar-refractivity contribution in [2.45, 2.75) is 38.2 Å². The predicted octanol–water partition coefficient (Wildman–Crippen LogP) is 2.21. The first-order valence-electron chi connectivity index (χ1n) is 7.98. The second kappa shape index (κ2) is 7.25. The minimum Gasteiger partial charge on any atom is -0.467 e. The average molecular weight is 305 g/mol. The molecule has 0 radical (unpaired) electrons. The Hall–Kier alpha value is -1.39. The van der Waals surface area contributed by atoms with Crippen LogP contribution in [-0.2, 0) is 14.9 Å². The Balaban J connectivity index is 1.88. The van der Waals surface area contributed by atoms with Gasteiger partial charge in [0.15, 0.2) is 6.10 Å². The number of carbonyl (C=O) groups excluding carboxylic acids is 1. The molecule has 1 aliphatic rings. The van der Waals surface area contributed by atoms with E-state index in [1.54, 1.807) is 0 Å². The summed E-state index contributed by atoms with van der Waals surface area (Å²) in [7, 11) is 1.32. The zero-order chi connectivity index (χ0) is 16.2. The van der Waals surface area contributed by atoms with Crippen molar-refractivity contribution in [3.8, 4) is 0 Å². The SMILES string of the molecule is COC(=O)[C@H](O)C1CCN(CC(C)(C)c2ccccc2)CC1. The number of aliphatic hydroxyl groups excluding tert-OH is 1. The van der Waals surface area contributed by atoms with Crippen molar-refractivity contribution < 1.29 is 14.6 Å². The van der Waals surface area contributed by atoms with Crippen molar-refractivity contribution in [2.75, 3.05) is 26.7 Å². The highest BCUT2D eigenvalue weighted by Gasteiger charge is 2.32. The first kappa shape index (κ1) is 17.0. The lowest BCUT2D eigenvalue weighted by Gasteiger charge is -2.38. The number of ether oxygens (including phenoxy) is 1. The number of benzene rings is 1. The highest BCUT2D eigenvalue weighted by atomic mass is 16.5. The summed E-state index contributed by atoms with van der Waals surface area (Å²) in [5.41, 5.74) is 1.43. The molecule has 1 aliphatic heterocycles. The van der Waals surface area contributed by atoms with E-state index >= 15 is 0 Å². The molecule has 0 bridgehead atoms. The van der Waals surface area contributed by atoms with E-state index in [0.717, 1.165) is 32.5 Å². The lowest BCUT2D eigenvalue weighted by Crippen LogP contribution is -2.45. The number of esters is 1. The van der Waals surface area contributed by atoms with Crippen molar-refractivity contribution in [3.63, 3.8) is 0 Å². The average Bonchev–Trinajstić information content (AvgIpc) is 2.54. The van der Waals surface area contributed by atoms with E-state index in [2.05, 4.69) is 47.7 Å². The molecule has 1 aromatic rings. The van der Waals surface area contributed by atoms with Gasteiger partial charge in [-0.05, 0) is 37.4 Å². The molecule has 1 saturated heterocycles. The van der Waals surface area contributed by atoms with Gasteiger partial charge in [0.25, 0.3) is 0 Å². The van der Waals surface area contributed by atoms with Crippen molar-refractivity contribution >= 4 is 5.97 Å². The van der Waals surface area contributed by atoms with Crippen LogP contribution in [-0.4, -0.2) is 48.8 Å². The van der Waals surface area contributed by atoms with Gasteiger partial charge in [-0.3, -0.25) is 0 Å². The van der Waals surface area contributed by atoms with E-state index < -0.39 is 12.1 Å². The molecule has 1 N–H and O–H groups in total. The highest BCUT2D eigenvalue weighted by molar-refractivity contribution is 5.74. The molecule has 4 heteroatoms. The summed E-state index contributed by atoms with van der Waals surface area (Å²) in [5, 5.41) is 9.95. The Morgan fingerprint density at radius 2 is 1.91 bits per heavy atom. The molecular formula is C18H27NO3. The highest BCUT2D eigenvalue weighted by Crippen LogP contribution is 2.28. The topological polar surface area (TPSA) is 49.8 Å². The molecule has 22 heavy (non-hydrogen) atoms. The van der Waals surface area contributed by atoms with Gasteiger partial charge in [-0.25, -0.2) is 4.79 Å². The quantitative estimate of drug-likeness (QED) is 0.847. The molecule has 0 aromatic heterocycles. The van der Waals surface area contributed by atoms with E-state index in [-0.39, 0.29) is 11.3 Å². The maximum atomic E-state index is 11.4. The van der Waals surface area contributed by atoms with Gasteiger partial charge in [-0.15, -0.1) is 0 Å². The molecule has 2 rings (SSSR count).